The summed E-state index contributed by atoms with van der Waals surface area (Å²) >= 11 is 0. The maximum atomic E-state index is 12.6. The van der Waals surface area contributed by atoms with Crippen molar-refractivity contribution in [3.63, 3.8) is 0 Å². The van der Waals surface area contributed by atoms with Gasteiger partial charge >= 0.3 is 0 Å². The number of nitrogens with one attached hydrogen (secondary N) is 1. The number of rotatable bonds is 2. The highest BCUT2D eigenvalue weighted by Gasteiger charge is 2.37. The fourth-order valence-electron chi connectivity index (χ4n) is 3.34. The summed E-state index contributed by atoms with van der Waals surface area (Å²) in [5, 5.41) is 2.89. The van der Waals surface area contributed by atoms with Crippen LogP contribution in [-0.4, -0.2) is 37.5 Å². The van der Waals surface area contributed by atoms with E-state index in [9.17, 15) is 9.59 Å². The number of piperidine rings is 1. The van der Waals surface area contributed by atoms with Gasteiger partial charge in [-0.3, -0.25) is 9.59 Å². The van der Waals surface area contributed by atoms with Gasteiger partial charge < -0.3 is 15.1 Å². The van der Waals surface area contributed by atoms with Crippen LogP contribution in [0.25, 0.3) is 0 Å². The Morgan fingerprint density at radius 3 is 2.77 bits per heavy atom. The van der Waals surface area contributed by atoms with E-state index in [1.807, 2.05) is 32.0 Å². The van der Waals surface area contributed by atoms with Crippen LogP contribution in [0.2, 0.25) is 0 Å². The SMILES string of the molecule is CC(C)NC(=O)c1ccc2c(c1)N(C)C(=O)C1CCCCN21. The molecule has 0 radical (unpaired) electrons. The zero-order valence-electron chi connectivity index (χ0n) is 13.4. The minimum Gasteiger partial charge on any atom is -0.358 e. The Labute approximate surface area is 131 Å². The molecule has 5 heteroatoms. The third-order valence-electron chi connectivity index (χ3n) is 4.45. The maximum Gasteiger partial charge on any atom is 0.251 e. The van der Waals surface area contributed by atoms with Crippen molar-refractivity contribution >= 4 is 23.2 Å². The third-order valence-corrected chi connectivity index (χ3v) is 4.45. The number of amides is 2. The first kappa shape index (κ1) is 14.9. The van der Waals surface area contributed by atoms with Crippen molar-refractivity contribution in [2.45, 2.75) is 45.2 Å². The normalized spacial score (nSPS) is 20.7. The van der Waals surface area contributed by atoms with Gasteiger partial charge in [0.1, 0.15) is 6.04 Å². The molecule has 1 unspecified atom stereocenters. The lowest BCUT2D eigenvalue weighted by molar-refractivity contribution is -0.120. The second kappa shape index (κ2) is 5.63. The molecule has 118 valence electrons. The van der Waals surface area contributed by atoms with E-state index in [1.54, 1.807) is 11.9 Å². The van der Waals surface area contributed by atoms with Gasteiger partial charge in [-0.25, -0.2) is 0 Å². The number of benzene rings is 1. The van der Waals surface area contributed by atoms with Gasteiger partial charge in [0.05, 0.1) is 11.4 Å². The van der Waals surface area contributed by atoms with E-state index in [0.717, 1.165) is 37.2 Å². The molecule has 1 atom stereocenters. The number of hydrogen-bond acceptors (Lipinski definition) is 3. The molecule has 1 aromatic carbocycles. The molecule has 1 saturated heterocycles. The van der Waals surface area contributed by atoms with Crippen LogP contribution in [0, 0.1) is 0 Å². The van der Waals surface area contributed by atoms with Crippen molar-refractivity contribution in [3.05, 3.63) is 23.8 Å². The molecule has 5 nitrogen and oxygen atoms in total. The summed E-state index contributed by atoms with van der Waals surface area (Å²) < 4.78 is 0. The fraction of sp³-hybridized carbons (Fsp3) is 0.529. The van der Waals surface area contributed by atoms with Crippen molar-refractivity contribution < 1.29 is 9.59 Å². The number of carbonyl (C=O) groups excluding carboxylic acids is 2. The highest BCUT2D eigenvalue weighted by atomic mass is 16.2. The molecule has 1 fully saturated rings. The van der Waals surface area contributed by atoms with E-state index < -0.39 is 0 Å². The lowest BCUT2D eigenvalue weighted by Crippen LogP contribution is -2.54. The number of fused-ring (bicyclic) bond motifs is 3. The molecular weight excluding hydrogens is 278 g/mol. The summed E-state index contributed by atoms with van der Waals surface area (Å²) in [6.07, 6.45) is 3.13. The molecule has 1 aromatic rings. The summed E-state index contributed by atoms with van der Waals surface area (Å²) in [5.41, 5.74) is 2.50. The summed E-state index contributed by atoms with van der Waals surface area (Å²) in [6.45, 7) is 4.78. The van der Waals surface area contributed by atoms with Crippen LogP contribution >= 0.6 is 0 Å². The molecule has 22 heavy (non-hydrogen) atoms. The Morgan fingerprint density at radius 2 is 2.05 bits per heavy atom. The molecular formula is C17H23N3O2. The van der Waals surface area contributed by atoms with Crippen molar-refractivity contribution in [1.29, 1.82) is 0 Å². The Balaban J connectivity index is 1.98. The molecule has 0 aromatic heterocycles. The highest BCUT2D eigenvalue weighted by Crippen LogP contribution is 2.39. The molecule has 0 saturated carbocycles. The molecule has 2 amide bonds. The third kappa shape index (κ3) is 2.45. The zero-order chi connectivity index (χ0) is 15.9. The van der Waals surface area contributed by atoms with Gasteiger partial charge in [0, 0.05) is 25.2 Å². The Hall–Kier alpha value is -2.04. The van der Waals surface area contributed by atoms with Crippen LogP contribution in [0.4, 0.5) is 11.4 Å². The average molecular weight is 301 g/mol. The van der Waals surface area contributed by atoms with Crippen molar-refractivity contribution in [1.82, 2.24) is 5.32 Å². The topological polar surface area (TPSA) is 52.7 Å². The van der Waals surface area contributed by atoms with E-state index in [-0.39, 0.29) is 23.9 Å². The van der Waals surface area contributed by atoms with Crippen LogP contribution in [0.1, 0.15) is 43.5 Å². The molecule has 1 N–H and O–H groups in total. The molecule has 0 aliphatic carbocycles. The van der Waals surface area contributed by atoms with E-state index in [0.29, 0.717) is 5.56 Å². The number of anilines is 2. The summed E-state index contributed by atoms with van der Waals surface area (Å²) in [4.78, 5) is 28.7. The molecule has 3 rings (SSSR count). The van der Waals surface area contributed by atoms with Crippen LogP contribution in [0.15, 0.2) is 18.2 Å². The van der Waals surface area contributed by atoms with Gasteiger partial charge in [-0.15, -0.1) is 0 Å². The average Bonchev–Trinajstić information content (AvgIpc) is 2.51. The fourth-order valence-corrected chi connectivity index (χ4v) is 3.34. The van der Waals surface area contributed by atoms with Gasteiger partial charge in [0.2, 0.25) is 5.91 Å². The standard InChI is InChI=1S/C17H23N3O2/c1-11(2)18-16(21)12-7-8-13-15(10-12)19(3)17(22)14-6-4-5-9-20(13)14/h7-8,10-11,14H,4-6,9H2,1-3H3,(H,18,21). The first-order valence-electron chi connectivity index (χ1n) is 7.98. The van der Waals surface area contributed by atoms with E-state index in [1.165, 1.54) is 0 Å². The quantitative estimate of drug-likeness (QED) is 0.911. The minimum absolute atomic E-state index is 0.0402. The van der Waals surface area contributed by atoms with Gasteiger partial charge in [0.25, 0.3) is 5.91 Å². The van der Waals surface area contributed by atoms with E-state index in [2.05, 4.69) is 10.2 Å². The smallest absolute Gasteiger partial charge is 0.251 e. The lowest BCUT2D eigenvalue weighted by Gasteiger charge is -2.44. The maximum absolute atomic E-state index is 12.6. The number of likely N-dealkylation sites (N-methyl/N-ethyl adjacent to an activating group) is 1. The predicted octanol–water partition coefficient (Wildman–Crippen LogP) is 2.16. The molecule has 0 spiro atoms. The van der Waals surface area contributed by atoms with Gasteiger partial charge in [-0.1, -0.05) is 0 Å². The Kier molecular flexibility index (Phi) is 3.81. The highest BCUT2D eigenvalue weighted by molar-refractivity contribution is 6.07. The van der Waals surface area contributed by atoms with Crippen LogP contribution in [-0.2, 0) is 4.79 Å². The summed E-state index contributed by atoms with van der Waals surface area (Å²) in [7, 11) is 1.80. The van der Waals surface area contributed by atoms with Gasteiger partial charge in [0.15, 0.2) is 0 Å². The molecule has 0 bridgehead atoms. The zero-order valence-corrected chi connectivity index (χ0v) is 13.4. The number of nitrogens with zero attached hydrogens (tertiary/aromatic N) is 2. The van der Waals surface area contributed by atoms with Crippen molar-refractivity contribution in [2.24, 2.45) is 0 Å². The molecule has 2 aliphatic heterocycles. The van der Waals surface area contributed by atoms with Gasteiger partial charge in [-0.2, -0.15) is 0 Å². The Bertz CT molecular complexity index is 612. The van der Waals surface area contributed by atoms with E-state index >= 15 is 0 Å². The van der Waals surface area contributed by atoms with Crippen LogP contribution in [0.3, 0.4) is 0 Å². The second-order valence-electron chi connectivity index (χ2n) is 6.43. The Morgan fingerprint density at radius 1 is 1.27 bits per heavy atom. The molecule has 2 heterocycles. The first-order valence-corrected chi connectivity index (χ1v) is 7.98. The summed E-state index contributed by atoms with van der Waals surface area (Å²) in [5.74, 6) is 0.0352. The van der Waals surface area contributed by atoms with Crippen LogP contribution in [0.5, 0.6) is 0 Å². The predicted molar refractivity (Wildman–Crippen MR) is 87.4 cm³/mol. The largest absolute Gasteiger partial charge is 0.358 e. The van der Waals surface area contributed by atoms with Crippen molar-refractivity contribution in [3.8, 4) is 0 Å². The monoisotopic (exact) mass is 301 g/mol. The minimum atomic E-state index is -0.0978. The van der Waals surface area contributed by atoms with E-state index in [4.69, 9.17) is 0 Å². The second-order valence-corrected chi connectivity index (χ2v) is 6.43. The number of carbonyl (C=O) groups is 2. The van der Waals surface area contributed by atoms with Crippen LogP contribution < -0.4 is 15.1 Å². The number of hydrogen-bond donors (Lipinski definition) is 1. The first-order chi connectivity index (χ1) is 10.5. The summed E-state index contributed by atoms with van der Waals surface area (Å²) in [6, 6.07) is 5.71. The lowest BCUT2D eigenvalue weighted by atomic mass is 9.96. The van der Waals surface area contributed by atoms with Gasteiger partial charge in [-0.05, 0) is 51.3 Å². The van der Waals surface area contributed by atoms with Crippen molar-refractivity contribution in [2.75, 3.05) is 23.4 Å². The molecule has 2 aliphatic rings.